The molecule has 0 atom stereocenters. The highest BCUT2D eigenvalue weighted by Crippen LogP contribution is 2.15. The van der Waals surface area contributed by atoms with Crippen molar-refractivity contribution in [3.8, 4) is 11.1 Å². The highest BCUT2D eigenvalue weighted by atomic mass is 32.2. The third-order valence-corrected chi connectivity index (χ3v) is 3.04. The zero-order valence-electron chi connectivity index (χ0n) is 9.63. The SMILES string of the molecule is CSC[n+]1ccc(-c2cc[n+](C)cc2)cc1. The van der Waals surface area contributed by atoms with Crippen LogP contribution in [-0.2, 0) is 12.9 Å². The largest absolute Gasteiger partial charge is 0.208 e. The van der Waals surface area contributed by atoms with Gasteiger partial charge in [0.2, 0.25) is 0 Å². The van der Waals surface area contributed by atoms with Gasteiger partial charge >= 0.3 is 0 Å². The van der Waals surface area contributed by atoms with Gasteiger partial charge in [0.05, 0.1) is 0 Å². The molecular formula is C13H16N2S+2. The minimum absolute atomic E-state index is 1.00. The van der Waals surface area contributed by atoms with E-state index in [2.05, 4.69) is 59.9 Å². The van der Waals surface area contributed by atoms with Crippen LogP contribution in [0.1, 0.15) is 0 Å². The third-order valence-electron chi connectivity index (χ3n) is 2.48. The molecule has 2 rings (SSSR count). The Kier molecular flexibility index (Phi) is 3.57. The number of nitrogens with zero attached hydrogens (tertiary/aromatic N) is 2. The van der Waals surface area contributed by atoms with Gasteiger partial charge in [-0.15, -0.1) is 0 Å². The van der Waals surface area contributed by atoms with Gasteiger partial charge in [-0.25, -0.2) is 4.57 Å². The Morgan fingerprint density at radius 1 is 0.938 bits per heavy atom. The monoisotopic (exact) mass is 232 g/mol. The lowest BCUT2D eigenvalue weighted by Gasteiger charge is -1.99. The van der Waals surface area contributed by atoms with Crippen molar-refractivity contribution in [1.29, 1.82) is 0 Å². The Morgan fingerprint density at radius 2 is 1.44 bits per heavy atom. The van der Waals surface area contributed by atoms with Gasteiger partial charge in [-0.2, -0.15) is 4.57 Å². The van der Waals surface area contributed by atoms with Crippen LogP contribution in [0.15, 0.2) is 49.1 Å². The van der Waals surface area contributed by atoms with E-state index >= 15 is 0 Å². The zero-order valence-corrected chi connectivity index (χ0v) is 10.4. The minimum atomic E-state index is 1.00. The molecule has 0 radical (unpaired) electrons. The maximum absolute atomic E-state index is 2.18. The van der Waals surface area contributed by atoms with E-state index in [0.717, 1.165) is 5.88 Å². The number of aromatic nitrogens is 2. The molecule has 0 saturated heterocycles. The number of hydrogen-bond donors (Lipinski definition) is 0. The molecule has 0 bridgehead atoms. The van der Waals surface area contributed by atoms with Crippen molar-refractivity contribution in [2.24, 2.45) is 7.05 Å². The van der Waals surface area contributed by atoms with Gasteiger partial charge in [-0.05, 0) is 17.4 Å². The molecule has 2 heterocycles. The summed E-state index contributed by atoms with van der Waals surface area (Å²) in [4.78, 5) is 0. The second kappa shape index (κ2) is 5.12. The normalized spacial score (nSPS) is 10.4. The van der Waals surface area contributed by atoms with E-state index in [1.165, 1.54) is 11.1 Å². The lowest BCUT2D eigenvalue weighted by molar-refractivity contribution is -0.675. The van der Waals surface area contributed by atoms with Crippen LogP contribution in [0.25, 0.3) is 11.1 Å². The summed E-state index contributed by atoms with van der Waals surface area (Å²) in [6.07, 6.45) is 10.5. The molecule has 2 aromatic rings. The molecule has 82 valence electrons. The first kappa shape index (κ1) is 11.1. The standard InChI is InChI=1S/C13H16N2S/c1-14-7-3-12(4-8-14)13-5-9-15(10-6-13)11-16-2/h3-10H,11H2,1-2H3/q+2. The third kappa shape index (κ3) is 2.61. The molecule has 0 aliphatic rings. The quantitative estimate of drug-likeness (QED) is 0.732. The molecule has 0 aliphatic heterocycles. The fourth-order valence-corrected chi connectivity index (χ4v) is 2.05. The van der Waals surface area contributed by atoms with Crippen molar-refractivity contribution in [3.05, 3.63) is 49.1 Å². The molecule has 0 amide bonds. The molecule has 16 heavy (non-hydrogen) atoms. The predicted molar refractivity (Wildman–Crippen MR) is 66.8 cm³/mol. The van der Waals surface area contributed by atoms with E-state index in [4.69, 9.17) is 0 Å². The summed E-state index contributed by atoms with van der Waals surface area (Å²) in [5.74, 6) is 1.00. The van der Waals surface area contributed by atoms with Crippen molar-refractivity contribution < 1.29 is 9.13 Å². The summed E-state index contributed by atoms with van der Waals surface area (Å²) in [7, 11) is 2.03. The molecule has 0 saturated carbocycles. The van der Waals surface area contributed by atoms with Crippen molar-refractivity contribution in [3.63, 3.8) is 0 Å². The predicted octanol–water partition coefficient (Wildman–Crippen LogP) is 1.79. The zero-order chi connectivity index (χ0) is 11.4. The Hall–Kier alpha value is -1.35. The highest BCUT2D eigenvalue weighted by molar-refractivity contribution is 7.97. The average molecular weight is 232 g/mol. The van der Waals surface area contributed by atoms with E-state index in [1.807, 2.05) is 23.4 Å². The van der Waals surface area contributed by atoms with Crippen LogP contribution in [0.2, 0.25) is 0 Å². The van der Waals surface area contributed by atoms with Gasteiger partial charge < -0.3 is 0 Å². The van der Waals surface area contributed by atoms with E-state index in [-0.39, 0.29) is 0 Å². The summed E-state index contributed by atoms with van der Waals surface area (Å²) >= 11 is 1.82. The second-order valence-corrected chi connectivity index (χ2v) is 4.61. The van der Waals surface area contributed by atoms with Crippen molar-refractivity contribution in [1.82, 2.24) is 0 Å². The Labute approximate surface area is 101 Å². The number of hydrogen-bond acceptors (Lipinski definition) is 1. The second-order valence-electron chi connectivity index (χ2n) is 3.77. The minimum Gasteiger partial charge on any atom is -0.208 e. The van der Waals surface area contributed by atoms with E-state index in [9.17, 15) is 0 Å². The topological polar surface area (TPSA) is 7.76 Å². The summed E-state index contributed by atoms with van der Waals surface area (Å²) in [5, 5.41) is 0. The van der Waals surface area contributed by atoms with Gasteiger partial charge in [-0.1, -0.05) is 11.8 Å². The molecule has 2 aromatic heterocycles. The fourth-order valence-electron chi connectivity index (χ4n) is 1.58. The first-order chi connectivity index (χ1) is 7.79. The van der Waals surface area contributed by atoms with Gasteiger partial charge in [0.1, 0.15) is 7.05 Å². The van der Waals surface area contributed by atoms with Gasteiger partial charge in [0, 0.05) is 24.3 Å². The van der Waals surface area contributed by atoms with Crippen LogP contribution < -0.4 is 9.13 Å². The summed E-state index contributed by atoms with van der Waals surface area (Å²) in [6, 6.07) is 8.58. The Morgan fingerprint density at radius 3 is 1.94 bits per heavy atom. The molecule has 0 unspecified atom stereocenters. The molecule has 0 N–H and O–H groups in total. The molecule has 0 spiro atoms. The first-order valence-corrected chi connectivity index (χ1v) is 6.63. The van der Waals surface area contributed by atoms with Gasteiger partial charge in [0.15, 0.2) is 30.7 Å². The summed E-state index contributed by atoms with van der Waals surface area (Å²) in [6.45, 7) is 0. The Bertz CT molecular complexity index is 448. The summed E-state index contributed by atoms with van der Waals surface area (Å²) < 4.78 is 4.22. The van der Waals surface area contributed by atoms with Crippen LogP contribution in [0, 0.1) is 0 Å². The van der Waals surface area contributed by atoms with E-state index < -0.39 is 0 Å². The number of pyridine rings is 2. The highest BCUT2D eigenvalue weighted by Gasteiger charge is 2.03. The molecule has 2 nitrogen and oxygen atoms in total. The lowest BCUT2D eigenvalue weighted by atomic mass is 10.1. The van der Waals surface area contributed by atoms with Gasteiger partial charge in [0.25, 0.3) is 0 Å². The lowest BCUT2D eigenvalue weighted by Crippen LogP contribution is -2.30. The molecule has 0 aliphatic carbocycles. The number of aryl methyl sites for hydroxylation is 1. The van der Waals surface area contributed by atoms with E-state index in [0.29, 0.717) is 0 Å². The first-order valence-electron chi connectivity index (χ1n) is 5.23. The van der Waals surface area contributed by atoms with Crippen molar-refractivity contribution in [2.45, 2.75) is 5.88 Å². The maximum atomic E-state index is 2.18. The van der Waals surface area contributed by atoms with Crippen LogP contribution in [0.4, 0.5) is 0 Å². The van der Waals surface area contributed by atoms with Crippen LogP contribution in [0.3, 0.4) is 0 Å². The van der Waals surface area contributed by atoms with Gasteiger partial charge in [-0.3, -0.25) is 0 Å². The maximum Gasteiger partial charge on any atom is 0.194 e. The number of thioether (sulfide) groups is 1. The summed E-state index contributed by atoms with van der Waals surface area (Å²) in [5.41, 5.74) is 2.52. The molecule has 3 heteroatoms. The molecular weight excluding hydrogens is 216 g/mol. The van der Waals surface area contributed by atoms with Crippen LogP contribution in [0.5, 0.6) is 0 Å². The van der Waals surface area contributed by atoms with Crippen LogP contribution >= 0.6 is 11.8 Å². The average Bonchev–Trinajstić information content (AvgIpc) is 2.32. The van der Waals surface area contributed by atoms with Crippen molar-refractivity contribution >= 4 is 11.8 Å². The smallest absolute Gasteiger partial charge is 0.194 e. The molecule has 0 aromatic carbocycles. The molecule has 0 fully saturated rings. The van der Waals surface area contributed by atoms with E-state index in [1.54, 1.807) is 0 Å². The Balaban J connectivity index is 2.24. The van der Waals surface area contributed by atoms with Crippen LogP contribution in [-0.4, -0.2) is 6.26 Å². The fraction of sp³-hybridized carbons (Fsp3) is 0.231. The number of rotatable bonds is 3. The van der Waals surface area contributed by atoms with Crippen molar-refractivity contribution in [2.75, 3.05) is 6.26 Å².